The van der Waals surface area contributed by atoms with Crippen LogP contribution in [0.4, 0.5) is 0 Å². The Balaban J connectivity index is 2.00. The molecule has 0 saturated heterocycles. The van der Waals surface area contributed by atoms with Gasteiger partial charge in [0, 0.05) is 18.4 Å². The van der Waals surface area contributed by atoms with Crippen molar-refractivity contribution in [3.05, 3.63) is 23.3 Å². The number of rotatable bonds is 4. The van der Waals surface area contributed by atoms with E-state index in [1.54, 1.807) is 11.9 Å². The van der Waals surface area contributed by atoms with Crippen LogP contribution in [0.1, 0.15) is 13.3 Å². The maximum atomic E-state index is 10.7. The van der Waals surface area contributed by atoms with E-state index in [-0.39, 0.29) is 5.75 Å². The lowest BCUT2D eigenvalue weighted by atomic mass is 9.96. The van der Waals surface area contributed by atoms with Crippen LogP contribution in [0.15, 0.2) is 23.3 Å². The first-order valence-corrected chi connectivity index (χ1v) is 8.47. The molecule has 4 nitrogen and oxygen atoms in total. The number of allylic oxidation sites excluding steroid dienone is 3. The molecule has 0 bridgehead atoms. The second kappa shape index (κ2) is 5.36. The van der Waals surface area contributed by atoms with Crippen molar-refractivity contribution in [2.45, 2.75) is 18.6 Å². The van der Waals surface area contributed by atoms with Gasteiger partial charge in [-0.1, -0.05) is 23.8 Å². The van der Waals surface area contributed by atoms with Crippen LogP contribution in [-0.2, 0) is 10.1 Å². The van der Waals surface area contributed by atoms with E-state index in [9.17, 15) is 8.42 Å². The number of nitrogens with zero attached hydrogens (tertiary/aromatic N) is 1. The largest absolute Gasteiger partial charge is 0.286 e. The Labute approximate surface area is 116 Å². The standard InChI is InChI=1S/C11H14ClNO3S2/c1-8-10-7-9(12)3-4-11(10)17-13(8)5-2-6-18(14,15)16/h3-4,7,10-11H,2,5-6H2,1H3/p+1/t10-,11-/m0/s1. The molecule has 0 aromatic carbocycles. The van der Waals surface area contributed by atoms with Crippen molar-refractivity contribution in [2.24, 2.45) is 5.92 Å². The molecule has 2 atom stereocenters. The molecule has 1 heterocycles. The minimum Gasteiger partial charge on any atom is -0.286 e. The fraction of sp³-hybridized carbons (Fsp3) is 0.545. The lowest BCUT2D eigenvalue weighted by Crippen LogP contribution is -2.19. The van der Waals surface area contributed by atoms with Gasteiger partial charge in [0.2, 0.25) is 0 Å². The van der Waals surface area contributed by atoms with Gasteiger partial charge in [0.15, 0.2) is 24.2 Å². The normalized spacial score (nSPS) is 27.4. The molecule has 0 radical (unpaired) electrons. The molecule has 0 saturated carbocycles. The van der Waals surface area contributed by atoms with Gasteiger partial charge in [-0.2, -0.15) is 12.4 Å². The fourth-order valence-electron chi connectivity index (χ4n) is 2.10. The number of hydrogen-bond acceptors (Lipinski definition) is 3. The summed E-state index contributed by atoms with van der Waals surface area (Å²) in [5.41, 5.74) is 1.18. The molecular weight excluding hydrogens is 294 g/mol. The van der Waals surface area contributed by atoms with Crippen LogP contribution in [-0.4, -0.2) is 40.2 Å². The summed E-state index contributed by atoms with van der Waals surface area (Å²) in [6, 6.07) is 0. The van der Waals surface area contributed by atoms with Crippen LogP contribution in [0.5, 0.6) is 0 Å². The second-order valence-electron chi connectivity index (χ2n) is 4.39. The monoisotopic (exact) mass is 308 g/mol. The SMILES string of the molecule is CC1=[N+](CCCS(=O)(=O)O)S[C@H]2C=CC(Cl)=C[C@@H]12. The Kier molecular flexibility index (Phi) is 4.21. The van der Waals surface area contributed by atoms with Crippen LogP contribution in [0.25, 0.3) is 0 Å². The predicted molar refractivity (Wildman–Crippen MR) is 74.8 cm³/mol. The molecule has 0 fully saturated rings. The lowest BCUT2D eigenvalue weighted by Gasteiger charge is -2.10. The average molecular weight is 309 g/mol. The highest BCUT2D eigenvalue weighted by Gasteiger charge is 2.39. The molecule has 1 aliphatic heterocycles. The van der Waals surface area contributed by atoms with E-state index >= 15 is 0 Å². The van der Waals surface area contributed by atoms with Crippen LogP contribution >= 0.6 is 23.5 Å². The molecule has 18 heavy (non-hydrogen) atoms. The molecule has 0 amide bonds. The third-order valence-electron chi connectivity index (χ3n) is 3.03. The summed E-state index contributed by atoms with van der Waals surface area (Å²) in [6.45, 7) is 2.65. The topological polar surface area (TPSA) is 57.4 Å². The van der Waals surface area contributed by atoms with E-state index in [1.807, 2.05) is 19.1 Å². The molecule has 0 aromatic rings. The van der Waals surface area contributed by atoms with Gasteiger partial charge in [-0.15, -0.1) is 0 Å². The highest BCUT2D eigenvalue weighted by atomic mass is 35.5. The van der Waals surface area contributed by atoms with Gasteiger partial charge >= 0.3 is 0 Å². The Morgan fingerprint density at radius 2 is 2.28 bits per heavy atom. The van der Waals surface area contributed by atoms with Crippen molar-refractivity contribution in [1.82, 2.24) is 0 Å². The first kappa shape index (κ1) is 14.1. The van der Waals surface area contributed by atoms with Crippen LogP contribution in [0.2, 0.25) is 0 Å². The number of fused-ring (bicyclic) bond motifs is 1. The molecular formula is C11H15ClNO3S2+. The lowest BCUT2D eigenvalue weighted by molar-refractivity contribution is -0.346. The smallest absolute Gasteiger partial charge is 0.265 e. The second-order valence-corrected chi connectivity index (χ2v) is 7.59. The van der Waals surface area contributed by atoms with Gasteiger partial charge < -0.3 is 0 Å². The fourth-order valence-corrected chi connectivity index (χ4v) is 4.18. The molecule has 0 unspecified atom stereocenters. The Morgan fingerprint density at radius 1 is 1.56 bits per heavy atom. The van der Waals surface area contributed by atoms with Gasteiger partial charge in [0.25, 0.3) is 10.1 Å². The molecule has 2 rings (SSSR count). The highest BCUT2D eigenvalue weighted by molar-refractivity contribution is 7.94. The molecule has 100 valence electrons. The van der Waals surface area contributed by atoms with Crippen LogP contribution in [0.3, 0.4) is 0 Å². The maximum absolute atomic E-state index is 10.7. The summed E-state index contributed by atoms with van der Waals surface area (Å²) in [7, 11) is -3.86. The van der Waals surface area contributed by atoms with E-state index in [0.717, 1.165) is 5.03 Å². The van der Waals surface area contributed by atoms with E-state index < -0.39 is 10.1 Å². The average Bonchev–Trinajstić information content (AvgIpc) is 2.55. The summed E-state index contributed by atoms with van der Waals surface area (Å²) in [6.07, 6.45) is 6.41. The number of halogens is 1. The summed E-state index contributed by atoms with van der Waals surface area (Å²) in [5, 5.41) is 1.09. The predicted octanol–water partition coefficient (Wildman–Crippen LogP) is 2.08. The van der Waals surface area contributed by atoms with Gasteiger partial charge in [0.1, 0.15) is 5.25 Å². The minimum atomic E-state index is -3.86. The van der Waals surface area contributed by atoms with Crippen molar-refractivity contribution in [1.29, 1.82) is 0 Å². The van der Waals surface area contributed by atoms with Gasteiger partial charge in [-0.05, 0) is 6.08 Å². The van der Waals surface area contributed by atoms with E-state index in [2.05, 4.69) is 10.1 Å². The number of hydrogen-bond donors (Lipinski definition) is 1. The van der Waals surface area contributed by atoms with Crippen molar-refractivity contribution in [3.8, 4) is 0 Å². The zero-order valence-corrected chi connectivity index (χ0v) is 12.3. The zero-order chi connectivity index (χ0) is 13.3. The van der Waals surface area contributed by atoms with E-state index in [1.165, 1.54) is 5.71 Å². The third kappa shape index (κ3) is 3.38. The Hall–Kier alpha value is -0.300. The molecule has 1 aliphatic carbocycles. The first-order valence-electron chi connectivity index (χ1n) is 5.65. The summed E-state index contributed by atoms with van der Waals surface area (Å²) in [5.74, 6) is 0.0947. The van der Waals surface area contributed by atoms with Crippen molar-refractivity contribution >= 4 is 39.4 Å². The molecule has 0 aromatic heterocycles. The van der Waals surface area contributed by atoms with E-state index in [4.69, 9.17) is 16.2 Å². The highest BCUT2D eigenvalue weighted by Crippen LogP contribution is 2.36. The van der Waals surface area contributed by atoms with Gasteiger partial charge in [0.05, 0.1) is 11.7 Å². The quantitative estimate of drug-likeness (QED) is 0.491. The molecule has 2 aliphatic rings. The minimum absolute atomic E-state index is 0.195. The van der Waals surface area contributed by atoms with Crippen LogP contribution in [0, 0.1) is 5.92 Å². The van der Waals surface area contributed by atoms with E-state index in [0.29, 0.717) is 24.1 Å². The maximum Gasteiger partial charge on any atom is 0.265 e. The van der Waals surface area contributed by atoms with Crippen molar-refractivity contribution < 1.29 is 17.0 Å². The molecule has 0 spiro atoms. The van der Waals surface area contributed by atoms with Gasteiger partial charge in [-0.3, -0.25) is 4.55 Å². The van der Waals surface area contributed by atoms with Gasteiger partial charge in [-0.25, -0.2) is 0 Å². The third-order valence-corrected chi connectivity index (χ3v) is 5.50. The molecule has 1 N–H and O–H groups in total. The van der Waals surface area contributed by atoms with Crippen molar-refractivity contribution in [3.63, 3.8) is 0 Å². The van der Waals surface area contributed by atoms with Crippen molar-refractivity contribution in [2.75, 3.05) is 12.3 Å². The first-order chi connectivity index (χ1) is 8.37. The zero-order valence-electron chi connectivity index (χ0n) is 9.91. The summed E-state index contributed by atoms with van der Waals surface area (Å²) in [4.78, 5) is 0. The molecule has 7 heteroatoms. The summed E-state index contributed by atoms with van der Waals surface area (Å²) >= 11 is 7.67. The summed E-state index contributed by atoms with van der Waals surface area (Å²) < 4.78 is 32.1. The Bertz CT molecular complexity index is 536. The van der Waals surface area contributed by atoms with Crippen LogP contribution < -0.4 is 0 Å². The Morgan fingerprint density at radius 3 is 2.94 bits per heavy atom.